The van der Waals surface area contributed by atoms with Gasteiger partial charge in [-0.2, -0.15) is 0 Å². The number of esters is 1. The predicted molar refractivity (Wildman–Crippen MR) is 150 cm³/mol. The summed E-state index contributed by atoms with van der Waals surface area (Å²) in [6.07, 6.45) is -0.264. The molecule has 0 unspecified atom stereocenters. The zero-order valence-corrected chi connectivity index (χ0v) is 22.5. The van der Waals surface area contributed by atoms with Gasteiger partial charge in [0.05, 0.1) is 6.42 Å². The lowest BCUT2D eigenvalue weighted by Gasteiger charge is -2.19. The van der Waals surface area contributed by atoms with Gasteiger partial charge in [-0.15, -0.1) is 0 Å². The van der Waals surface area contributed by atoms with Gasteiger partial charge in [0.25, 0.3) is 5.91 Å². The van der Waals surface area contributed by atoms with Gasteiger partial charge in [0, 0.05) is 30.4 Å². The summed E-state index contributed by atoms with van der Waals surface area (Å²) >= 11 is 0. The van der Waals surface area contributed by atoms with Crippen molar-refractivity contribution in [2.45, 2.75) is 46.0 Å². The van der Waals surface area contributed by atoms with E-state index < -0.39 is 18.5 Å². The highest BCUT2D eigenvalue weighted by Crippen LogP contribution is 2.27. The summed E-state index contributed by atoms with van der Waals surface area (Å²) in [6.45, 7) is 7.37. The van der Waals surface area contributed by atoms with Gasteiger partial charge in [-0.3, -0.25) is 19.2 Å². The van der Waals surface area contributed by atoms with Crippen LogP contribution in [0.1, 0.15) is 46.1 Å². The first-order valence-corrected chi connectivity index (χ1v) is 12.5. The summed E-state index contributed by atoms with van der Waals surface area (Å²) in [5.74, 6) is -0.403. The molecule has 0 aromatic heterocycles. The summed E-state index contributed by atoms with van der Waals surface area (Å²) < 4.78 is 10.8. The molecule has 0 aliphatic heterocycles. The zero-order chi connectivity index (χ0) is 28.4. The molecule has 3 aromatic carbocycles. The molecular formula is C30H33N3O6. The Labute approximate surface area is 227 Å². The topological polar surface area (TPSA) is 123 Å². The smallest absolute Gasteiger partial charge is 0.306 e. The lowest BCUT2D eigenvalue weighted by molar-refractivity contribution is -0.147. The highest BCUT2D eigenvalue weighted by atomic mass is 16.5. The first-order valence-electron chi connectivity index (χ1n) is 12.5. The van der Waals surface area contributed by atoms with Gasteiger partial charge >= 0.3 is 5.97 Å². The normalized spacial score (nSPS) is 10.8. The minimum absolute atomic E-state index is 0.0637. The first-order chi connectivity index (χ1) is 18.5. The van der Waals surface area contributed by atoms with Gasteiger partial charge in [0.1, 0.15) is 11.5 Å². The summed E-state index contributed by atoms with van der Waals surface area (Å²) in [6, 6.07) is 21.3. The number of carbonyl (C=O) groups is 4. The molecule has 3 amide bonds. The summed E-state index contributed by atoms with van der Waals surface area (Å²) in [5.41, 5.74) is 2.92. The standard InChI is InChI=1S/C30H33N3O6/c1-20(34)31-22-7-9-23(10-8-22)33-28(36)19-38-29(37)18-17-27(35)32-24-11-15-26(16-12-24)39-25-13-5-21(6-14-25)30(2,3)4/h5-16H,17-19H2,1-4H3,(H,31,34)(H,32,35)(H,33,36). The van der Waals surface area contributed by atoms with E-state index in [2.05, 4.69) is 36.7 Å². The largest absolute Gasteiger partial charge is 0.457 e. The zero-order valence-electron chi connectivity index (χ0n) is 22.5. The van der Waals surface area contributed by atoms with Gasteiger partial charge in [-0.05, 0) is 71.6 Å². The Kier molecular flexibility index (Phi) is 9.80. The Morgan fingerprint density at radius 3 is 1.62 bits per heavy atom. The van der Waals surface area contributed by atoms with E-state index in [1.165, 1.54) is 12.5 Å². The van der Waals surface area contributed by atoms with Gasteiger partial charge in [-0.25, -0.2) is 0 Å². The van der Waals surface area contributed by atoms with Crippen LogP contribution in [-0.2, 0) is 29.3 Å². The Bertz CT molecular complexity index is 1290. The minimum Gasteiger partial charge on any atom is -0.457 e. The lowest BCUT2D eigenvalue weighted by atomic mass is 9.87. The number of benzene rings is 3. The van der Waals surface area contributed by atoms with Crippen molar-refractivity contribution in [3.05, 3.63) is 78.4 Å². The van der Waals surface area contributed by atoms with E-state index in [0.717, 1.165) is 0 Å². The van der Waals surface area contributed by atoms with E-state index in [1.54, 1.807) is 48.5 Å². The number of ether oxygens (including phenoxy) is 2. The van der Waals surface area contributed by atoms with E-state index >= 15 is 0 Å². The quantitative estimate of drug-likeness (QED) is 0.291. The minimum atomic E-state index is -0.664. The Hall–Kier alpha value is -4.66. The van der Waals surface area contributed by atoms with Crippen LogP contribution >= 0.6 is 0 Å². The van der Waals surface area contributed by atoms with E-state index in [9.17, 15) is 19.2 Å². The monoisotopic (exact) mass is 531 g/mol. The lowest BCUT2D eigenvalue weighted by Crippen LogP contribution is -2.21. The molecule has 9 nitrogen and oxygen atoms in total. The molecule has 0 aliphatic rings. The number of nitrogens with one attached hydrogen (secondary N) is 3. The highest BCUT2D eigenvalue weighted by Gasteiger charge is 2.14. The second kappa shape index (κ2) is 13.2. The molecule has 0 bridgehead atoms. The van der Waals surface area contributed by atoms with Crippen LogP contribution in [0.15, 0.2) is 72.8 Å². The summed E-state index contributed by atoms with van der Waals surface area (Å²) in [7, 11) is 0. The molecular weight excluding hydrogens is 498 g/mol. The van der Waals surface area contributed by atoms with Gasteiger partial charge < -0.3 is 25.4 Å². The third-order valence-corrected chi connectivity index (χ3v) is 5.50. The van der Waals surface area contributed by atoms with Crippen LogP contribution in [-0.4, -0.2) is 30.3 Å². The molecule has 0 fully saturated rings. The van der Waals surface area contributed by atoms with Crippen LogP contribution < -0.4 is 20.7 Å². The van der Waals surface area contributed by atoms with Crippen molar-refractivity contribution < 1.29 is 28.7 Å². The number of anilines is 3. The molecule has 0 heterocycles. The molecule has 0 saturated carbocycles. The summed E-state index contributed by atoms with van der Waals surface area (Å²) in [5, 5.41) is 7.92. The average molecular weight is 532 g/mol. The second-order valence-corrected chi connectivity index (χ2v) is 9.92. The third kappa shape index (κ3) is 9.96. The van der Waals surface area contributed by atoms with Crippen LogP contribution in [0, 0.1) is 0 Å². The maximum absolute atomic E-state index is 12.2. The number of rotatable bonds is 10. The maximum Gasteiger partial charge on any atom is 0.306 e. The Morgan fingerprint density at radius 2 is 1.10 bits per heavy atom. The first kappa shape index (κ1) is 28.9. The summed E-state index contributed by atoms with van der Waals surface area (Å²) in [4.78, 5) is 47.2. The molecule has 3 rings (SSSR count). The fourth-order valence-corrected chi connectivity index (χ4v) is 3.46. The van der Waals surface area contributed by atoms with Crippen LogP contribution in [0.5, 0.6) is 11.5 Å². The molecule has 0 saturated heterocycles. The molecule has 204 valence electrons. The van der Waals surface area contributed by atoms with Gasteiger partial charge in [0.15, 0.2) is 6.61 Å². The van der Waals surface area contributed by atoms with E-state index in [0.29, 0.717) is 28.6 Å². The van der Waals surface area contributed by atoms with Crippen molar-refractivity contribution in [1.29, 1.82) is 0 Å². The SMILES string of the molecule is CC(=O)Nc1ccc(NC(=O)COC(=O)CCC(=O)Nc2ccc(Oc3ccc(C(C)(C)C)cc3)cc2)cc1. The van der Waals surface area contributed by atoms with Crippen LogP contribution in [0.4, 0.5) is 17.1 Å². The second-order valence-electron chi connectivity index (χ2n) is 9.92. The molecule has 0 spiro atoms. The number of hydrogen-bond acceptors (Lipinski definition) is 6. The molecule has 39 heavy (non-hydrogen) atoms. The van der Waals surface area contributed by atoms with Crippen molar-refractivity contribution in [2.75, 3.05) is 22.6 Å². The number of amides is 3. The van der Waals surface area contributed by atoms with Crippen molar-refractivity contribution in [3.8, 4) is 11.5 Å². The molecule has 3 N–H and O–H groups in total. The predicted octanol–water partition coefficient (Wildman–Crippen LogP) is 5.64. The van der Waals surface area contributed by atoms with Crippen LogP contribution in [0.25, 0.3) is 0 Å². The fourth-order valence-electron chi connectivity index (χ4n) is 3.46. The Morgan fingerprint density at radius 1 is 0.641 bits per heavy atom. The van der Waals surface area contributed by atoms with E-state index in [1.807, 2.05) is 24.3 Å². The fraction of sp³-hybridized carbons (Fsp3) is 0.267. The van der Waals surface area contributed by atoms with Crippen molar-refractivity contribution in [2.24, 2.45) is 0 Å². The van der Waals surface area contributed by atoms with Crippen molar-refractivity contribution in [1.82, 2.24) is 0 Å². The molecule has 0 atom stereocenters. The van der Waals surface area contributed by atoms with Crippen molar-refractivity contribution >= 4 is 40.8 Å². The molecule has 0 aliphatic carbocycles. The Balaban J connectivity index is 1.36. The number of carbonyl (C=O) groups excluding carboxylic acids is 4. The van der Waals surface area contributed by atoms with E-state index in [-0.39, 0.29) is 30.1 Å². The van der Waals surface area contributed by atoms with Gasteiger partial charge in [-0.1, -0.05) is 32.9 Å². The molecule has 0 radical (unpaired) electrons. The van der Waals surface area contributed by atoms with Crippen LogP contribution in [0.3, 0.4) is 0 Å². The molecule has 3 aromatic rings. The molecule has 9 heteroatoms. The highest BCUT2D eigenvalue weighted by molar-refractivity contribution is 5.95. The number of hydrogen-bond donors (Lipinski definition) is 3. The average Bonchev–Trinajstić information content (AvgIpc) is 2.88. The van der Waals surface area contributed by atoms with Crippen molar-refractivity contribution in [3.63, 3.8) is 0 Å². The third-order valence-electron chi connectivity index (χ3n) is 5.50. The maximum atomic E-state index is 12.2. The van der Waals surface area contributed by atoms with E-state index in [4.69, 9.17) is 9.47 Å². The van der Waals surface area contributed by atoms with Gasteiger partial charge in [0.2, 0.25) is 11.8 Å². The van der Waals surface area contributed by atoms with Crippen LogP contribution in [0.2, 0.25) is 0 Å².